The number of carboxylic acid groups (broad SMARTS) is 1. The molecule has 1 heterocycles. The minimum Gasteiger partial charge on any atom is -0.508 e. The Morgan fingerprint density at radius 3 is 2.28 bits per heavy atom. The molecule has 186 valence electrons. The number of phenols is 1. The molecule has 1 aliphatic heterocycles. The SMILES string of the molecule is COc1cccc([C@@H]2CC[C@H](c3cccc(O)c3)N2C(=O)CNC(=O)Nc2cccc(C(=O)O)c2)c1. The van der Waals surface area contributed by atoms with Gasteiger partial charge in [-0.2, -0.15) is 0 Å². The summed E-state index contributed by atoms with van der Waals surface area (Å²) in [4.78, 5) is 38.8. The number of phenolic OH excluding ortho intramolecular Hbond substituents is 1. The number of ether oxygens (including phenoxy) is 1. The number of hydrogen-bond donors (Lipinski definition) is 4. The number of methoxy groups -OCH3 is 1. The quantitative estimate of drug-likeness (QED) is 0.391. The molecule has 4 rings (SSSR count). The molecule has 4 N–H and O–H groups in total. The highest BCUT2D eigenvalue weighted by molar-refractivity contribution is 5.94. The Labute approximate surface area is 208 Å². The van der Waals surface area contributed by atoms with E-state index in [1.165, 1.54) is 18.2 Å². The Hall–Kier alpha value is -4.53. The summed E-state index contributed by atoms with van der Waals surface area (Å²) in [7, 11) is 1.58. The summed E-state index contributed by atoms with van der Waals surface area (Å²) in [6.07, 6.45) is 1.39. The first-order valence-electron chi connectivity index (χ1n) is 11.5. The number of rotatable bonds is 7. The molecule has 9 nitrogen and oxygen atoms in total. The molecule has 3 aromatic carbocycles. The van der Waals surface area contributed by atoms with E-state index in [-0.39, 0.29) is 35.8 Å². The second-order valence-corrected chi connectivity index (χ2v) is 8.48. The lowest BCUT2D eigenvalue weighted by Crippen LogP contribution is -2.42. The van der Waals surface area contributed by atoms with E-state index in [2.05, 4.69) is 10.6 Å². The van der Waals surface area contributed by atoms with Crippen molar-refractivity contribution in [3.63, 3.8) is 0 Å². The third kappa shape index (κ3) is 5.57. The average Bonchev–Trinajstić information content (AvgIpc) is 3.33. The monoisotopic (exact) mass is 489 g/mol. The van der Waals surface area contributed by atoms with E-state index < -0.39 is 12.0 Å². The molecule has 9 heteroatoms. The van der Waals surface area contributed by atoms with E-state index >= 15 is 0 Å². The van der Waals surface area contributed by atoms with E-state index in [0.29, 0.717) is 24.3 Å². The highest BCUT2D eigenvalue weighted by atomic mass is 16.5. The molecule has 36 heavy (non-hydrogen) atoms. The number of benzene rings is 3. The largest absolute Gasteiger partial charge is 0.508 e. The number of nitrogens with one attached hydrogen (secondary N) is 2. The van der Waals surface area contributed by atoms with Crippen molar-refractivity contribution >= 4 is 23.6 Å². The first-order chi connectivity index (χ1) is 17.4. The molecule has 1 aliphatic rings. The summed E-state index contributed by atoms with van der Waals surface area (Å²) in [5, 5.41) is 24.3. The van der Waals surface area contributed by atoms with Gasteiger partial charge in [-0.25, -0.2) is 9.59 Å². The zero-order valence-electron chi connectivity index (χ0n) is 19.7. The highest BCUT2D eigenvalue weighted by Crippen LogP contribution is 2.45. The second-order valence-electron chi connectivity index (χ2n) is 8.48. The summed E-state index contributed by atoms with van der Waals surface area (Å²) in [5.74, 6) is -0.597. The van der Waals surface area contributed by atoms with Crippen LogP contribution < -0.4 is 15.4 Å². The van der Waals surface area contributed by atoms with Crippen molar-refractivity contribution in [3.8, 4) is 11.5 Å². The van der Waals surface area contributed by atoms with Gasteiger partial charge in [-0.15, -0.1) is 0 Å². The first-order valence-corrected chi connectivity index (χ1v) is 11.5. The minimum atomic E-state index is -1.11. The van der Waals surface area contributed by atoms with Crippen molar-refractivity contribution in [2.45, 2.75) is 24.9 Å². The zero-order valence-corrected chi connectivity index (χ0v) is 19.7. The number of likely N-dealkylation sites (tertiary alicyclic amines) is 1. The lowest BCUT2D eigenvalue weighted by molar-refractivity contribution is -0.133. The molecule has 0 unspecified atom stereocenters. The Balaban J connectivity index is 1.52. The molecule has 0 aromatic heterocycles. The van der Waals surface area contributed by atoms with Gasteiger partial charge in [-0.05, 0) is 66.4 Å². The lowest BCUT2D eigenvalue weighted by atomic mass is 10.0. The molecule has 3 amide bonds. The number of carbonyl (C=O) groups excluding carboxylic acids is 2. The second kappa shape index (κ2) is 10.8. The van der Waals surface area contributed by atoms with Crippen LogP contribution in [0.25, 0.3) is 0 Å². The standard InChI is InChI=1S/C27H27N3O6/c1-36-22-10-4-6-18(15-22)24-12-11-23(17-5-3-9-21(31)14-17)30(24)25(32)16-28-27(35)29-20-8-2-7-19(13-20)26(33)34/h2-10,13-15,23-24,31H,11-12,16H2,1H3,(H,33,34)(H2,28,29,35)/t23-,24+/m1/s1. The van der Waals surface area contributed by atoms with E-state index in [9.17, 15) is 19.5 Å². The number of urea groups is 1. The van der Waals surface area contributed by atoms with Crippen LogP contribution in [0.5, 0.6) is 11.5 Å². The Morgan fingerprint density at radius 1 is 0.944 bits per heavy atom. The third-order valence-electron chi connectivity index (χ3n) is 6.17. The summed E-state index contributed by atoms with van der Waals surface area (Å²) in [6.45, 7) is -0.264. The number of carbonyl (C=O) groups is 3. The molecule has 0 saturated carbocycles. The molecule has 1 fully saturated rings. The summed E-state index contributed by atoms with van der Waals surface area (Å²) < 4.78 is 5.36. The van der Waals surface area contributed by atoms with E-state index in [1.807, 2.05) is 30.3 Å². The fraction of sp³-hybridized carbons (Fsp3) is 0.222. The van der Waals surface area contributed by atoms with Gasteiger partial charge in [-0.3, -0.25) is 4.79 Å². The molecule has 0 aliphatic carbocycles. The van der Waals surface area contributed by atoms with Crippen molar-refractivity contribution in [1.82, 2.24) is 10.2 Å². The van der Waals surface area contributed by atoms with Crippen LogP contribution in [0.1, 0.15) is 46.4 Å². The molecular formula is C27H27N3O6. The summed E-state index contributed by atoms with van der Waals surface area (Å²) in [6, 6.07) is 19.1. The zero-order chi connectivity index (χ0) is 25.7. The maximum Gasteiger partial charge on any atom is 0.335 e. The number of amides is 3. The van der Waals surface area contributed by atoms with Crippen LogP contribution in [0.4, 0.5) is 10.5 Å². The van der Waals surface area contributed by atoms with Crippen LogP contribution in [0.3, 0.4) is 0 Å². The maximum atomic E-state index is 13.5. The smallest absolute Gasteiger partial charge is 0.335 e. The van der Waals surface area contributed by atoms with Crippen molar-refractivity contribution in [3.05, 3.63) is 89.5 Å². The van der Waals surface area contributed by atoms with Crippen molar-refractivity contribution in [2.75, 3.05) is 19.0 Å². The number of hydrogen-bond acceptors (Lipinski definition) is 5. The van der Waals surface area contributed by atoms with Gasteiger partial charge in [-0.1, -0.05) is 30.3 Å². The predicted octanol–water partition coefficient (Wildman–Crippen LogP) is 4.33. The number of carboxylic acids is 1. The highest BCUT2D eigenvalue weighted by Gasteiger charge is 2.38. The number of aromatic hydroxyl groups is 1. The average molecular weight is 490 g/mol. The predicted molar refractivity (Wildman–Crippen MR) is 133 cm³/mol. The Bertz CT molecular complexity index is 1280. The van der Waals surface area contributed by atoms with Crippen molar-refractivity contribution in [2.24, 2.45) is 0 Å². The molecule has 1 saturated heterocycles. The Morgan fingerprint density at radius 2 is 1.61 bits per heavy atom. The van der Waals surface area contributed by atoms with Gasteiger partial charge in [0.05, 0.1) is 31.3 Å². The number of anilines is 1. The van der Waals surface area contributed by atoms with Crippen molar-refractivity contribution in [1.29, 1.82) is 0 Å². The van der Waals surface area contributed by atoms with Crippen LogP contribution in [0.2, 0.25) is 0 Å². The van der Waals surface area contributed by atoms with E-state index in [0.717, 1.165) is 11.1 Å². The van der Waals surface area contributed by atoms with Crippen LogP contribution in [0.15, 0.2) is 72.8 Å². The van der Waals surface area contributed by atoms with Crippen LogP contribution in [0, 0.1) is 0 Å². The van der Waals surface area contributed by atoms with E-state index in [4.69, 9.17) is 9.84 Å². The van der Waals surface area contributed by atoms with Crippen LogP contribution in [-0.2, 0) is 4.79 Å². The molecule has 3 aromatic rings. The fourth-order valence-corrected chi connectivity index (χ4v) is 4.55. The van der Waals surface area contributed by atoms with Crippen LogP contribution in [-0.4, -0.2) is 46.7 Å². The van der Waals surface area contributed by atoms with Gasteiger partial charge in [0.15, 0.2) is 0 Å². The summed E-state index contributed by atoms with van der Waals surface area (Å²) >= 11 is 0. The van der Waals surface area contributed by atoms with Gasteiger partial charge in [0.25, 0.3) is 0 Å². The molecule has 2 atom stereocenters. The third-order valence-corrected chi connectivity index (χ3v) is 6.17. The number of aromatic carboxylic acids is 1. The molecule has 0 spiro atoms. The summed E-state index contributed by atoms with van der Waals surface area (Å²) in [5.41, 5.74) is 2.06. The fourth-order valence-electron chi connectivity index (χ4n) is 4.55. The van der Waals surface area contributed by atoms with Gasteiger partial charge < -0.3 is 30.5 Å². The normalized spacial score (nSPS) is 16.9. The van der Waals surface area contributed by atoms with Gasteiger partial charge in [0.1, 0.15) is 11.5 Å². The molecule has 0 bridgehead atoms. The molecular weight excluding hydrogens is 462 g/mol. The Kier molecular flexibility index (Phi) is 7.39. The maximum absolute atomic E-state index is 13.5. The molecule has 0 radical (unpaired) electrons. The van der Waals surface area contributed by atoms with Gasteiger partial charge in [0, 0.05) is 5.69 Å². The van der Waals surface area contributed by atoms with E-state index in [1.54, 1.807) is 36.3 Å². The van der Waals surface area contributed by atoms with Crippen molar-refractivity contribution < 1.29 is 29.3 Å². The topological polar surface area (TPSA) is 128 Å². The minimum absolute atomic E-state index is 0.0380. The first kappa shape index (κ1) is 24.6. The number of nitrogens with zero attached hydrogens (tertiary/aromatic N) is 1. The van der Waals surface area contributed by atoms with Gasteiger partial charge in [0.2, 0.25) is 5.91 Å². The lowest BCUT2D eigenvalue weighted by Gasteiger charge is -2.31. The van der Waals surface area contributed by atoms with Crippen LogP contribution >= 0.6 is 0 Å². The van der Waals surface area contributed by atoms with Gasteiger partial charge >= 0.3 is 12.0 Å².